The molecule has 1 aromatic heterocycles. The predicted octanol–water partition coefficient (Wildman–Crippen LogP) is 4.24. The van der Waals surface area contributed by atoms with Crippen molar-refractivity contribution in [3.8, 4) is 5.75 Å². The average Bonchev–Trinajstić information content (AvgIpc) is 2.72. The second-order valence-corrected chi connectivity index (χ2v) is 6.54. The maximum Gasteiger partial charge on any atom is 0.270 e. The number of rotatable bonds is 8. The van der Waals surface area contributed by atoms with Crippen LogP contribution in [-0.4, -0.2) is 29.5 Å². The molecule has 0 bridgehead atoms. The lowest BCUT2D eigenvalue weighted by molar-refractivity contribution is 0.0948. The Morgan fingerprint density at radius 3 is 2.71 bits per heavy atom. The molecular weight excluding hydrogens is 376 g/mol. The summed E-state index contributed by atoms with van der Waals surface area (Å²) in [7, 11) is 1.57. The number of nitrogens with one attached hydrogen (secondary N) is 2. The number of aryl methyl sites for hydroxylation is 1. The van der Waals surface area contributed by atoms with E-state index in [1.165, 1.54) is 11.9 Å². The zero-order valence-electron chi connectivity index (χ0n) is 15.5. The minimum atomic E-state index is -0.239. The number of ether oxygens (including phenoxy) is 1. The second kappa shape index (κ2) is 9.71. The summed E-state index contributed by atoms with van der Waals surface area (Å²) in [5, 5.41) is 6.56. The Bertz CT molecular complexity index is 935. The largest absolute Gasteiger partial charge is 0.495 e. The van der Waals surface area contributed by atoms with Crippen molar-refractivity contribution >= 4 is 29.0 Å². The standard InChI is InChI=1S/C21H21ClN4O2/c1-28-19-10-9-16(22)12-17(19)26-20-13-18(24-14-25-20)21(27)23-11-5-8-15-6-3-2-4-7-15/h2-4,6-7,9-10,12-14H,5,8,11H2,1H3,(H,23,27)(H,24,25,26). The number of hydrogen-bond donors (Lipinski definition) is 2. The molecule has 0 aliphatic rings. The maximum atomic E-state index is 12.4. The normalized spacial score (nSPS) is 10.4. The van der Waals surface area contributed by atoms with E-state index in [9.17, 15) is 4.79 Å². The molecule has 0 unspecified atom stereocenters. The molecule has 144 valence electrons. The number of carbonyl (C=O) groups excluding carboxylic acids is 1. The molecule has 0 fully saturated rings. The molecule has 28 heavy (non-hydrogen) atoms. The Morgan fingerprint density at radius 2 is 1.93 bits per heavy atom. The Balaban J connectivity index is 1.58. The van der Waals surface area contributed by atoms with Gasteiger partial charge in [0.15, 0.2) is 0 Å². The summed E-state index contributed by atoms with van der Waals surface area (Å²) in [5.74, 6) is 0.858. The summed E-state index contributed by atoms with van der Waals surface area (Å²) >= 11 is 6.04. The van der Waals surface area contributed by atoms with Gasteiger partial charge in [-0.15, -0.1) is 0 Å². The fourth-order valence-electron chi connectivity index (χ4n) is 2.70. The highest BCUT2D eigenvalue weighted by atomic mass is 35.5. The van der Waals surface area contributed by atoms with Gasteiger partial charge in [0.2, 0.25) is 0 Å². The van der Waals surface area contributed by atoms with Gasteiger partial charge < -0.3 is 15.4 Å². The van der Waals surface area contributed by atoms with E-state index in [1.54, 1.807) is 31.4 Å². The summed E-state index contributed by atoms with van der Waals surface area (Å²) in [6.45, 7) is 0.572. The molecule has 0 aliphatic carbocycles. The molecule has 0 saturated heterocycles. The average molecular weight is 397 g/mol. The van der Waals surface area contributed by atoms with Gasteiger partial charge in [-0.2, -0.15) is 0 Å². The van der Waals surface area contributed by atoms with Gasteiger partial charge in [0.25, 0.3) is 5.91 Å². The highest BCUT2D eigenvalue weighted by Gasteiger charge is 2.10. The number of aromatic nitrogens is 2. The quantitative estimate of drug-likeness (QED) is 0.557. The van der Waals surface area contributed by atoms with Crippen LogP contribution in [0.5, 0.6) is 5.75 Å². The molecule has 6 nitrogen and oxygen atoms in total. The number of benzene rings is 2. The zero-order valence-corrected chi connectivity index (χ0v) is 16.2. The van der Waals surface area contributed by atoms with Crippen molar-refractivity contribution < 1.29 is 9.53 Å². The molecule has 1 heterocycles. The zero-order chi connectivity index (χ0) is 19.8. The molecule has 3 rings (SSSR count). The number of nitrogens with zero attached hydrogens (tertiary/aromatic N) is 2. The number of hydrogen-bond acceptors (Lipinski definition) is 5. The third-order valence-electron chi connectivity index (χ3n) is 4.09. The van der Waals surface area contributed by atoms with Crippen LogP contribution < -0.4 is 15.4 Å². The topological polar surface area (TPSA) is 76.1 Å². The van der Waals surface area contributed by atoms with Gasteiger partial charge in [-0.25, -0.2) is 9.97 Å². The Kier molecular flexibility index (Phi) is 6.81. The summed E-state index contributed by atoms with van der Waals surface area (Å²) < 4.78 is 5.31. The molecule has 0 spiro atoms. The van der Waals surface area contributed by atoms with Crippen molar-refractivity contribution in [3.05, 3.63) is 77.2 Å². The molecule has 0 saturated carbocycles. The lowest BCUT2D eigenvalue weighted by Gasteiger charge is -2.11. The molecule has 2 aromatic carbocycles. The number of halogens is 1. The number of carbonyl (C=O) groups is 1. The first-order chi connectivity index (χ1) is 13.7. The Labute approximate surface area is 168 Å². The summed E-state index contributed by atoms with van der Waals surface area (Å²) in [4.78, 5) is 20.6. The fraction of sp³-hybridized carbons (Fsp3) is 0.190. The SMILES string of the molecule is COc1ccc(Cl)cc1Nc1cc(C(=O)NCCCc2ccccc2)ncn1. The Morgan fingerprint density at radius 1 is 1.11 bits per heavy atom. The molecule has 2 N–H and O–H groups in total. The first-order valence-corrected chi connectivity index (χ1v) is 9.28. The van der Waals surface area contributed by atoms with E-state index in [0.717, 1.165) is 12.8 Å². The van der Waals surface area contributed by atoms with Crippen molar-refractivity contribution in [1.82, 2.24) is 15.3 Å². The highest BCUT2D eigenvalue weighted by Crippen LogP contribution is 2.29. The van der Waals surface area contributed by atoms with Crippen LogP contribution in [0.2, 0.25) is 5.02 Å². The molecule has 1 amide bonds. The van der Waals surface area contributed by atoms with Crippen molar-refractivity contribution in [2.24, 2.45) is 0 Å². The molecular formula is C21H21ClN4O2. The fourth-order valence-corrected chi connectivity index (χ4v) is 2.87. The summed E-state index contributed by atoms with van der Waals surface area (Å²) in [5.41, 5.74) is 2.20. The van der Waals surface area contributed by atoms with Gasteiger partial charge in [-0.3, -0.25) is 4.79 Å². The molecule has 7 heteroatoms. The predicted molar refractivity (Wildman–Crippen MR) is 110 cm³/mol. The van der Waals surface area contributed by atoms with Crippen molar-refractivity contribution in [2.45, 2.75) is 12.8 Å². The van der Waals surface area contributed by atoms with Crippen LogP contribution in [0.4, 0.5) is 11.5 Å². The van der Waals surface area contributed by atoms with E-state index in [4.69, 9.17) is 16.3 Å². The van der Waals surface area contributed by atoms with Gasteiger partial charge in [0.05, 0.1) is 12.8 Å². The number of anilines is 2. The van der Waals surface area contributed by atoms with Gasteiger partial charge in [-0.05, 0) is 36.6 Å². The summed E-state index contributed by atoms with van der Waals surface area (Å²) in [6.07, 6.45) is 3.11. The minimum absolute atomic E-state index is 0.239. The second-order valence-electron chi connectivity index (χ2n) is 6.10. The Hall–Kier alpha value is -3.12. The first kappa shape index (κ1) is 19.6. The molecule has 0 aliphatic heterocycles. The van der Waals surface area contributed by atoms with E-state index in [1.807, 2.05) is 18.2 Å². The van der Waals surface area contributed by atoms with E-state index in [2.05, 4.69) is 32.7 Å². The van der Waals surface area contributed by atoms with Gasteiger partial charge >= 0.3 is 0 Å². The summed E-state index contributed by atoms with van der Waals surface area (Å²) in [6, 6.07) is 17.0. The van der Waals surface area contributed by atoms with Crippen molar-refractivity contribution in [1.29, 1.82) is 0 Å². The smallest absolute Gasteiger partial charge is 0.270 e. The van der Waals surface area contributed by atoms with Crippen LogP contribution >= 0.6 is 11.6 Å². The maximum absolute atomic E-state index is 12.4. The molecule has 0 radical (unpaired) electrons. The lowest BCUT2D eigenvalue weighted by atomic mass is 10.1. The van der Waals surface area contributed by atoms with Crippen molar-refractivity contribution in [2.75, 3.05) is 19.0 Å². The van der Waals surface area contributed by atoms with Gasteiger partial charge in [0, 0.05) is 17.6 Å². The van der Waals surface area contributed by atoms with Crippen LogP contribution in [0.15, 0.2) is 60.9 Å². The van der Waals surface area contributed by atoms with Crippen LogP contribution in [0.1, 0.15) is 22.5 Å². The lowest BCUT2D eigenvalue weighted by Crippen LogP contribution is -2.25. The van der Waals surface area contributed by atoms with Crippen LogP contribution in [0.25, 0.3) is 0 Å². The van der Waals surface area contributed by atoms with E-state index in [-0.39, 0.29) is 5.91 Å². The van der Waals surface area contributed by atoms with Crippen molar-refractivity contribution in [3.63, 3.8) is 0 Å². The van der Waals surface area contributed by atoms with E-state index in [0.29, 0.717) is 34.5 Å². The third-order valence-corrected chi connectivity index (χ3v) is 4.33. The van der Waals surface area contributed by atoms with Crippen LogP contribution in [-0.2, 0) is 6.42 Å². The highest BCUT2D eigenvalue weighted by molar-refractivity contribution is 6.31. The number of methoxy groups -OCH3 is 1. The van der Waals surface area contributed by atoms with Gasteiger partial charge in [-0.1, -0.05) is 41.9 Å². The third kappa shape index (κ3) is 5.44. The number of amides is 1. The first-order valence-electron chi connectivity index (χ1n) is 8.90. The molecule has 3 aromatic rings. The van der Waals surface area contributed by atoms with Gasteiger partial charge in [0.1, 0.15) is 23.6 Å². The van der Waals surface area contributed by atoms with E-state index >= 15 is 0 Å². The minimum Gasteiger partial charge on any atom is -0.495 e. The van der Waals surface area contributed by atoms with E-state index < -0.39 is 0 Å². The molecule has 0 atom stereocenters. The monoisotopic (exact) mass is 396 g/mol. The van der Waals surface area contributed by atoms with Crippen LogP contribution in [0, 0.1) is 0 Å². The van der Waals surface area contributed by atoms with Crippen LogP contribution in [0.3, 0.4) is 0 Å².